The molecule has 0 radical (unpaired) electrons. The largest absolute Gasteiger partial charge is 0.479 e. The lowest BCUT2D eigenvalue weighted by molar-refractivity contribution is -0.147. The maximum Gasteiger partial charge on any atom is 0.346 e. The number of esters is 1. The Labute approximate surface area is 95.7 Å². The lowest BCUT2D eigenvalue weighted by Gasteiger charge is -2.12. The second-order valence-electron chi connectivity index (χ2n) is 3.36. The van der Waals surface area contributed by atoms with Crippen molar-refractivity contribution >= 4 is 12.0 Å². The predicted octanol–water partition coefficient (Wildman–Crippen LogP) is 2.66. The van der Waals surface area contributed by atoms with Gasteiger partial charge in [-0.05, 0) is 31.5 Å². The molecule has 16 heavy (non-hydrogen) atoms. The average Bonchev–Trinajstić information content (AvgIpc) is 2.29. The molecule has 0 aromatic heterocycles. The van der Waals surface area contributed by atoms with Gasteiger partial charge in [0.1, 0.15) is 5.75 Å². The third-order valence-electron chi connectivity index (χ3n) is 2.06. The molecule has 0 N–H and O–H groups in total. The highest BCUT2D eigenvalue weighted by atomic mass is 16.6. The first kappa shape index (κ1) is 12.3. The molecule has 1 aromatic carbocycles. The van der Waals surface area contributed by atoms with Crippen LogP contribution in [0.4, 0.5) is 0 Å². The van der Waals surface area contributed by atoms with E-state index in [1.165, 1.54) is 7.11 Å². The van der Waals surface area contributed by atoms with E-state index >= 15 is 0 Å². The Morgan fingerprint density at radius 3 is 2.81 bits per heavy atom. The summed E-state index contributed by atoms with van der Waals surface area (Å²) >= 11 is 0. The Morgan fingerprint density at radius 2 is 2.19 bits per heavy atom. The normalized spacial score (nSPS) is 12.4. The number of allylic oxidation sites excluding steroid dienone is 1. The van der Waals surface area contributed by atoms with Crippen LogP contribution < -0.4 is 4.74 Å². The number of hydrogen-bond acceptors (Lipinski definition) is 3. The molecule has 3 heteroatoms. The van der Waals surface area contributed by atoms with E-state index in [2.05, 4.69) is 4.74 Å². The smallest absolute Gasteiger partial charge is 0.346 e. The molecule has 0 saturated carbocycles. The fourth-order valence-electron chi connectivity index (χ4n) is 1.30. The Balaban J connectivity index is 2.73. The zero-order valence-electron chi connectivity index (χ0n) is 9.77. The lowest BCUT2D eigenvalue weighted by Crippen LogP contribution is -2.24. The van der Waals surface area contributed by atoms with E-state index in [1.54, 1.807) is 6.92 Å². The van der Waals surface area contributed by atoms with Crippen molar-refractivity contribution in [2.24, 2.45) is 0 Å². The van der Waals surface area contributed by atoms with E-state index in [0.717, 1.165) is 5.56 Å². The summed E-state index contributed by atoms with van der Waals surface area (Å²) in [4.78, 5) is 11.2. The summed E-state index contributed by atoms with van der Waals surface area (Å²) < 4.78 is 10.0. The van der Waals surface area contributed by atoms with Crippen LogP contribution in [0.15, 0.2) is 30.3 Å². The topological polar surface area (TPSA) is 35.5 Å². The summed E-state index contributed by atoms with van der Waals surface area (Å²) in [5.41, 5.74) is 1.04. The Kier molecular flexibility index (Phi) is 4.58. The summed E-state index contributed by atoms with van der Waals surface area (Å²) in [7, 11) is 1.35. The Hall–Kier alpha value is -1.77. The van der Waals surface area contributed by atoms with Crippen LogP contribution in [-0.2, 0) is 9.53 Å². The standard InChI is InChI=1S/C13H16O3/c1-4-6-11-7-5-8-12(9-11)16-10(2)13(14)15-3/h4-10H,1-3H3. The van der Waals surface area contributed by atoms with Gasteiger partial charge < -0.3 is 9.47 Å². The highest BCUT2D eigenvalue weighted by Crippen LogP contribution is 2.16. The second-order valence-corrected chi connectivity index (χ2v) is 3.36. The van der Waals surface area contributed by atoms with Gasteiger partial charge in [-0.15, -0.1) is 0 Å². The third-order valence-corrected chi connectivity index (χ3v) is 2.06. The van der Waals surface area contributed by atoms with Gasteiger partial charge in [-0.1, -0.05) is 24.3 Å². The number of ether oxygens (including phenoxy) is 2. The van der Waals surface area contributed by atoms with Crippen LogP contribution in [-0.4, -0.2) is 19.2 Å². The summed E-state index contributed by atoms with van der Waals surface area (Å²) in [6, 6.07) is 7.54. The molecule has 0 spiro atoms. The molecule has 1 rings (SSSR count). The molecule has 0 fully saturated rings. The second kappa shape index (κ2) is 5.95. The van der Waals surface area contributed by atoms with E-state index in [0.29, 0.717) is 5.75 Å². The molecule has 0 saturated heterocycles. The third kappa shape index (κ3) is 3.42. The summed E-state index contributed by atoms with van der Waals surface area (Å²) in [5, 5.41) is 0. The maximum absolute atomic E-state index is 11.2. The Bertz CT molecular complexity index is 383. The SMILES string of the molecule is CC=Cc1cccc(OC(C)C(=O)OC)c1. The quantitative estimate of drug-likeness (QED) is 0.732. The van der Waals surface area contributed by atoms with E-state index < -0.39 is 6.10 Å². The van der Waals surface area contributed by atoms with Crippen LogP contribution in [0.25, 0.3) is 6.08 Å². The molecule has 3 nitrogen and oxygen atoms in total. The minimum atomic E-state index is -0.592. The molecular weight excluding hydrogens is 204 g/mol. The minimum Gasteiger partial charge on any atom is -0.479 e. The van der Waals surface area contributed by atoms with Gasteiger partial charge >= 0.3 is 5.97 Å². The van der Waals surface area contributed by atoms with Crippen LogP contribution in [0.3, 0.4) is 0 Å². The highest BCUT2D eigenvalue weighted by Gasteiger charge is 2.14. The van der Waals surface area contributed by atoms with Crippen molar-refractivity contribution in [3.05, 3.63) is 35.9 Å². The molecule has 0 aliphatic heterocycles. The molecule has 86 valence electrons. The van der Waals surface area contributed by atoms with E-state index in [9.17, 15) is 4.79 Å². The van der Waals surface area contributed by atoms with E-state index in [4.69, 9.17) is 4.74 Å². The zero-order valence-corrected chi connectivity index (χ0v) is 9.77. The average molecular weight is 220 g/mol. The molecule has 0 bridgehead atoms. The number of methoxy groups -OCH3 is 1. The minimum absolute atomic E-state index is 0.378. The van der Waals surface area contributed by atoms with Gasteiger partial charge in [-0.25, -0.2) is 4.79 Å². The van der Waals surface area contributed by atoms with Gasteiger partial charge in [0.15, 0.2) is 6.10 Å². The Morgan fingerprint density at radius 1 is 1.44 bits per heavy atom. The fraction of sp³-hybridized carbons (Fsp3) is 0.308. The monoisotopic (exact) mass is 220 g/mol. The maximum atomic E-state index is 11.2. The van der Waals surface area contributed by atoms with Crippen molar-refractivity contribution in [3.63, 3.8) is 0 Å². The van der Waals surface area contributed by atoms with Crippen LogP contribution in [0.1, 0.15) is 19.4 Å². The number of carbonyl (C=O) groups excluding carboxylic acids is 1. The number of benzene rings is 1. The molecule has 1 unspecified atom stereocenters. The first-order chi connectivity index (χ1) is 7.67. The summed E-state index contributed by atoms with van der Waals surface area (Å²) in [6.07, 6.45) is 3.32. The van der Waals surface area contributed by atoms with Crippen molar-refractivity contribution in [1.82, 2.24) is 0 Å². The molecule has 0 heterocycles. The van der Waals surface area contributed by atoms with Crippen molar-refractivity contribution in [3.8, 4) is 5.75 Å². The molecule has 1 atom stereocenters. The highest BCUT2D eigenvalue weighted by molar-refractivity contribution is 5.74. The van der Waals surface area contributed by atoms with Gasteiger partial charge in [0.2, 0.25) is 0 Å². The number of hydrogen-bond donors (Lipinski definition) is 0. The number of rotatable bonds is 4. The van der Waals surface area contributed by atoms with Crippen LogP contribution in [0, 0.1) is 0 Å². The zero-order chi connectivity index (χ0) is 12.0. The van der Waals surface area contributed by atoms with Crippen molar-refractivity contribution in [2.75, 3.05) is 7.11 Å². The van der Waals surface area contributed by atoms with Gasteiger partial charge in [-0.2, -0.15) is 0 Å². The summed E-state index contributed by atoms with van der Waals surface area (Å²) in [6.45, 7) is 3.61. The van der Waals surface area contributed by atoms with Crippen molar-refractivity contribution < 1.29 is 14.3 Å². The molecule has 0 aliphatic rings. The fourth-order valence-corrected chi connectivity index (χ4v) is 1.30. The van der Waals surface area contributed by atoms with E-state index in [-0.39, 0.29) is 5.97 Å². The van der Waals surface area contributed by atoms with Gasteiger partial charge in [0.05, 0.1) is 7.11 Å². The van der Waals surface area contributed by atoms with Crippen LogP contribution in [0.2, 0.25) is 0 Å². The van der Waals surface area contributed by atoms with Gasteiger partial charge in [0.25, 0.3) is 0 Å². The van der Waals surface area contributed by atoms with Crippen LogP contribution in [0.5, 0.6) is 5.75 Å². The first-order valence-electron chi connectivity index (χ1n) is 5.14. The molecule has 1 aromatic rings. The van der Waals surface area contributed by atoms with Gasteiger partial charge in [0, 0.05) is 0 Å². The lowest BCUT2D eigenvalue weighted by atomic mass is 10.2. The summed E-state index contributed by atoms with van der Waals surface area (Å²) in [5.74, 6) is 0.282. The predicted molar refractivity (Wildman–Crippen MR) is 63.3 cm³/mol. The molecular formula is C13H16O3. The van der Waals surface area contributed by atoms with Crippen molar-refractivity contribution in [1.29, 1.82) is 0 Å². The first-order valence-corrected chi connectivity index (χ1v) is 5.14. The van der Waals surface area contributed by atoms with Crippen LogP contribution >= 0.6 is 0 Å². The van der Waals surface area contributed by atoms with Crippen molar-refractivity contribution in [2.45, 2.75) is 20.0 Å². The molecule has 0 amide bonds. The number of carbonyl (C=O) groups is 1. The van der Waals surface area contributed by atoms with E-state index in [1.807, 2.05) is 43.3 Å². The molecule has 0 aliphatic carbocycles. The van der Waals surface area contributed by atoms with Gasteiger partial charge in [-0.3, -0.25) is 0 Å².